The molecule has 1 aromatic rings. The van der Waals surface area contributed by atoms with Crippen molar-refractivity contribution in [3.8, 4) is 0 Å². The van der Waals surface area contributed by atoms with Gasteiger partial charge in [-0.1, -0.05) is 61.0 Å². The van der Waals surface area contributed by atoms with Gasteiger partial charge < -0.3 is 5.32 Å². The molecule has 0 aromatic heterocycles. The summed E-state index contributed by atoms with van der Waals surface area (Å²) in [5, 5.41) is 3.83. The lowest BCUT2D eigenvalue weighted by molar-refractivity contribution is -0.129. The number of alkyl halides is 1. The maximum absolute atomic E-state index is 11.9. The summed E-state index contributed by atoms with van der Waals surface area (Å²) < 4.78 is 0. The summed E-state index contributed by atoms with van der Waals surface area (Å²) in [6, 6.07) is 8.22. The molecule has 0 aliphatic heterocycles. The molecule has 1 rings (SSSR count). The molecule has 0 bridgehead atoms. The van der Waals surface area contributed by atoms with Gasteiger partial charge >= 0.3 is 0 Å². The number of halogens is 1. The highest BCUT2D eigenvalue weighted by Crippen LogP contribution is 2.19. The molecule has 17 heavy (non-hydrogen) atoms. The molecule has 0 fully saturated rings. The third kappa shape index (κ3) is 4.15. The second-order valence-corrected chi connectivity index (χ2v) is 5.43. The number of rotatable bonds is 5. The van der Waals surface area contributed by atoms with Crippen LogP contribution in [0.1, 0.15) is 38.3 Å². The van der Waals surface area contributed by atoms with Crippen molar-refractivity contribution < 1.29 is 4.79 Å². The number of amides is 1. The van der Waals surface area contributed by atoms with E-state index in [-0.39, 0.29) is 11.3 Å². The molecule has 0 radical (unpaired) electrons. The molecular formula is C14H20BrNO. The molecule has 0 saturated carbocycles. The molecule has 2 nitrogen and oxygen atoms in total. The first-order valence-corrected chi connectivity index (χ1v) is 7.04. The summed E-state index contributed by atoms with van der Waals surface area (Å²) in [6.07, 6.45) is 0.847. The van der Waals surface area contributed by atoms with Crippen LogP contribution in [0.25, 0.3) is 0 Å². The van der Waals surface area contributed by atoms with Gasteiger partial charge in [-0.2, -0.15) is 0 Å². The Bertz CT molecular complexity index is 388. The molecule has 94 valence electrons. The molecule has 0 aliphatic carbocycles. The van der Waals surface area contributed by atoms with Crippen LogP contribution in [-0.2, 0) is 16.7 Å². The van der Waals surface area contributed by atoms with Crippen LogP contribution in [0, 0.1) is 5.41 Å². The lowest BCUT2D eigenvalue weighted by Crippen LogP contribution is -2.35. The van der Waals surface area contributed by atoms with Crippen molar-refractivity contribution in [3.63, 3.8) is 0 Å². The average molecular weight is 298 g/mol. The fourth-order valence-corrected chi connectivity index (χ4v) is 1.75. The van der Waals surface area contributed by atoms with Crippen molar-refractivity contribution in [1.29, 1.82) is 0 Å². The highest BCUT2D eigenvalue weighted by atomic mass is 79.9. The van der Waals surface area contributed by atoms with E-state index < -0.39 is 0 Å². The normalized spacial score (nSPS) is 11.3. The van der Waals surface area contributed by atoms with Crippen LogP contribution < -0.4 is 5.32 Å². The van der Waals surface area contributed by atoms with Crippen molar-refractivity contribution in [2.75, 3.05) is 0 Å². The van der Waals surface area contributed by atoms with E-state index >= 15 is 0 Å². The number of benzene rings is 1. The van der Waals surface area contributed by atoms with Crippen LogP contribution >= 0.6 is 15.9 Å². The summed E-state index contributed by atoms with van der Waals surface area (Å²) in [5.41, 5.74) is 2.08. The van der Waals surface area contributed by atoms with Crippen molar-refractivity contribution in [3.05, 3.63) is 35.4 Å². The van der Waals surface area contributed by atoms with E-state index in [1.165, 1.54) is 5.56 Å². The van der Waals surface area contributed by atoms with Gasteiger partial charge in [0.05, 0.1) is 0 Å². The van der Waals surface area contributed by atoms with Crippen molar-refractivity contribution in [2.45, 2.75) is 39.1 Å². The number of carbonyl (C=O) groups excluding carboxylic acids is 1. The quantitative estimate of drug-likeness (QED) is 0.826. The number of nitrogens with one attached hydrogen (secondary N) is 1. The van der Waals surface area contributed by atoms with E-state index in [1.807, 2.05) is 32.9 Å². The van der Waals surface area contributed by atoms with Gasteiger partial charge in [0.1, 0.15) is 0 Å². The van der Waals surface area contributed by atoms with E-state index in [2.05, 4.69) is 33.4 Å². The summed E-state index contributed by atoms with van der Waals surface area (Å²) >= 11 is 3.43. The van der Waals surface area contributed by atoms with Gasteiger partial charge in [-0.25, -0.2) is 0 Å². The Kier molecular flexibility index (Phi) is 5.19. The number of hydrogen-bond donors (Lipinski definition) is 1. The predicted octanol–water partition coefficient (Wildman–Crippen LogP) is 3.63. The van der Waals surface area contributed by atoms with Crippen molar-refractivity contribution >= 4 is 21.8 Å². The third-order valence-electron chi connectivity index (χ3n) is 3.10. The Morgan fingerprint density at radius 3 is 2.59 bits per heavy atom. The lowest BCUT2D eigenvalue weighted by Gasteiger charge is -2.21. The average Bonchev–Trinajstić information content (AvgIpc) is 2.36. The Morgan fingerprint density at radius 2 is 2.00 bits per heavy atom. The SMILES string of the molecule is CCC(C)(C)C(=O)NCc1cccc(CBr)c1. The highest BCUT2D eigenvalue weighted by Gasteiger charge is 2.24. The molecule has 0 unspecified atom stereocenters. The van der Waals surface area contributed by atoms with Crippen LogP contribution in [0.5, 0.6) is 0 Å². The summed E-state index contributed by atoms with van der Waals surface area (Å²) in [5.74, 6) is 0.115. The summed E-state index contributed by atoms with van der Waals surface area (Å²) in [4.78, 5) is 11.9. The maximum Gasteiger partial charge on any atom is 0.225 e. The zero-order chi connectivity index (χ0) is 12.9. The van der Waals surface area contributed by atoms with E-state index in [0.29, 0.717) is 6.54 Å². The fraction of sp³-hybridized carbons (Fsp3) is 0.500. The Hall–Kier alpha value is -0.830. The van der Waals surface area contributed by atoms with Gasteiger partial charge in [0.25, 0.3) is 0 Å². The number of hydrogen-bond acceptors (Lipinski definition) is 1. The molecule has 1 aromatic carbocycles. The Balaban J connectivity index is 2.58. The van der Waals surface area contributed by atoms with Crippen molar-refractivity contribution in [2.24, 2.45) is 5.41 Å². The standard InChI is InChI=1S/C14H20BrNO/c1-4-14(2,3)13(17)16-10-12-7-5-6-11(8-12)9-15/h5-8H,4,9-10H2,1-3H3,(H,16,17). The van der Waals surface area contributed by atoms with Crippen LogP contribution in [0.3, 0.4) is 0 Å². The largest absolute Gasteiger partial charge is 0.352 e. The van der Waals surface area contributed by atoms with Gasteiger partial charge in [-0.05, 0) is 17.5 Å². The molecule has 0 spiro atoms. The van der Waals surface area contributed by atoms with Gasteiger partial charge in [-0.15, -0.1) is 0 Å². The smallest absolute Gasteiger partial charge is 0.225 e. The molecular weight excluding hydrogens is 278 g/mol. The van der Waals surface area contributed by atoms with Gasteiger partial charge in [0.15, 0.2) is 0 Å². The van der Waals surface area contributed by atoms with Gasteiger partial charge in [0, 0.05) is 17.3 Å². The second kappa shape index (κ2) is 6.20. The monoisotopic (exact) mass is 297 g/mol. The lowest BCUT2D eigenvalue weighted by atomic mass is 9.89. The first-order chi connectivity index (χ1) is 7.99. The topological polar surface area (TPSA) is 29.1 Å². The minimum atomic E-state index is -0.285. The van der Waals surface area contributed by atoms with Crippen molar-refractivity contribution in [1.82, 2.24) is 5.32 Å². The minimum Gasteiger partial charge on any atom is -0.352 e. The first-order valence-electron chi connectivity index (χ1n) is 5.91. The zero-order valence-electron chi connectivity index (χ0n) is 10.7. The van der Waals surface area contributed by atoms with Crippen LogP contribution in [-0.4, -0.2) is 5.91 Å². The molecule has 0 aliphatic rings. The Labute approximate surface area is 112 Å². The number of carbonyl (C=O) groups is 1. The van der Waals surface area contributed by atoms with Crippen LogP contribution in [0.15, 0.2) is 24.3 Å². The molecule has 0 saturated heterocycles. The van der Waals surface area contributed by atoms with Gasteiger partial charge in [-0.3, -0.25) is 4.79 Å². The zero-order valence-corrected chi connectivity index (χ0v) is 12.3. The molecule has 3 heteroatoms. The highest BCUT2D eigenvalue weighted by molar-refractivity contribution is 9.08. The van der Waals surface area contributed by atoms with E-state index in [9.17, 15) is 4.79 Å². The van der Waals surface area contributed by atoms with E-state index in [0.717, 1.165) is 17.3 Å². The Morgan fingerprint density at radius 1 is 1.35 bits per heavy atom. The molecule has 0 heterocycles. The van der Waals surface area contributed by atoms with E-state index in [4.69, 9.17) is 0 Å². The predicted molar refractivity (Wildman–Crippen MR) is 75.0 cm³/mol. The fourth-order valence-electron chi connectivity index (χ4n) is 1.40. The van der Waals surface area contributed by atoms with E-state index in [1.54, 1.807) is 0 Å². The summed E-state index contributed by atoms with van der Waals surface area (Å²) in [7, 11) is 0. The van der Waals surface area contributed by atoms with Gasteiger partial charge in [0.2, 0.25) is 5.91 Å². The van der Waals surface area contributed by atoms with Crippen LogP contribution in [0.2, 0.25) is 0 Å². The second-order valence-electron chi connectivity index (χ2n) is 4.87. The molecule has 1 N–H and O–H groups in total. The summed E-state index contributed by atoms with van der Waals surface area (Å²) in [6.45, 7) is 6.57. The molecule has 1 amide bonds. The third-order valence-corrected chi connectivity index (χ3v) is 3.74. The molecule has 0 atom stereocenters. The maximum atomic E-state index is 11.9. The first kappa shape index (κ1) is 14.2. The minimum absolute atomic E-state index is 0.115. The van der Waals surface area contributed by atoms with Crippen LogP contribution in [0.4, 0.5) is 0 Å².